The summed E-state index contributed by atoms with van der Waals surface area (Å²) < 4.78 is 1.57. The first kappa shape index (κ1) is 17.0. The van der Waals surface area contributed by atoms with E-state index in [-0.39, 0.29) is 11.7 Å². The van der Waals surface area contributed by atoms with Crippen molar-refractivity contribution in [2.75, 3.05) is 11.1 Å². The number of carbonyl (C=O) groups excluding carboxylic acids is 1. The van der Waals surface area contributed by atoms with Crippen molar-refractivity contribution in [3.63, 3.8) is 0 Å². The normalized spacial score (nSPS) is 13.8. The number of hydrogen-bond acceptors (Lipinski definition) is 7. The molecular weight excluding hydrogens is 368 g/mol. The standard InChI is InChI=1S/C17H16N6OS2/c18-9-12-11-5-2-1-3-6-13(11)26-15(12)20-14(24)10-25-17-21-16-19-7-4-8-23(16)22-17/h4,7-8H,1-3,5-6,10H2,(H,20,24). The van der Waals surface area contributed by atoms with Crippen LogP contribution in [0.2, 0.25) is 0 Å². The van der Waals surface area contributed by atoms with E-state index in [4.69, 9.17) is 0 Å². The molecule has 7 nitrogen and oxygen atoms in total. The molecule has 0 atom stereocenters. The summed E-state index contributed by atoms with van der Waals surface area (Å²) >= 11 is 2.80. The Balaban J connectivity index is 1.44. The van der Waals surface area contributed by atoms with Crippen LogP contribution in [0.15, 0.2) is 23.6 Å². The lowest BCUT2D eigenvalue weighted by Crippen LogP contribution is -2.14. The van der Waals surface area contributed by atoms with Crippen molar-refractivity contribution in [2.24, 2.45) is 0 Å². The maximum atomic E-state index is 12.3. The lowest BCUT2D eigenvalue weighted by molar-refractivity contribution is -0.113. The van der Waals surface area contributed by atoms with E-state index in [0.717, 1.165) is 31.2 Å². The Morgan fingerprint density at radius 3 is 3.12 bits per heavy atom. The maximum absolute atomic E-state index is 12.3. The highest BCUT2D eigenvalue weighted by Gasteiger charge is 2.21. The molecule has 0 fully saturated rings. The van der Waals surface area contributed by atoms with Crippen molar-refractivity contribution in [1.29, 1.82) is 5.26 Å². The molecule has 0 spiro atoms. The van der Waals surface area contributed by atoms with Crippen molar-refractivity contribution in [2.45, 2.75) is 37.3 Å². The molecular formula is C17H16N6OS2. The minimum atomic E-state index is -0.158. The van der Waals surface area contributed by atoms with Crippen LogP contribution in [0.25, 0.3) is 5.78 Å². The first-order chi connectivity index (χ1) is 12.7. The Morgan fingerprint density at radius 2 is 2.27 bits per heavy atom. The zero-order chi connectivity index (χ0) is 17.9. The summed E-state index contributed by atoms with van der Waals surface area (Å²) in [5.41, 5.74) is 1.77. The highest BCUT2D eigenvalue weighted by molar-refractivity contribution is 7.99. The Morgan fingerprint density at radius 1 is 1.38 bits per heavy atom. The topological polar surface area (TPSA) is 96.0 Å². The number of rotatable bonds is 4. The van der Waals surface area contributed by atoms with Gasteiger partial charge in [0.2, 0.25) is 11.1 Å². The van der Waals surface area contributed by atoms with Crippen LogP contribution >= 0.6 is 23.1 Å². The molecule has 0 unspecified atom stereocenters. The summed E-state index contributed by atoms with van der Waals surface area (Å²) in [6.07, 6.45) is 8.79. The number of nitriles is 1. The third-order valence-corrected chi connectivity index (χ3v) is 6.26. The molecule has 0 bridgehead atoms. The summed E-state index contributed by atoms with van der Waals surface area (Å²) in [5.74, 6) is 0.531. The number of carbonyl (C=O) groups is 1. The van der Waals surface area contributed by atoms with Crippen molar-refractivity contribution in [3.05, 3.63) is 34.5 Å². The number of amides is 1. The van der Waals surface area contributed by atoms with E-state index in [0.29, 0.717) is 21.5 Å². The van der Waals surface area contributed by atoms with Crippen molar-refractivity contribution >= 4 is 39.8 Å². The lowest BCUT2D eigenvalue weighted by Gasteiger charge is -2.02. The largest absolute Gasteiger partial charge is 0.316 e. The van der Waals surface area contributed by atoms with E-state index < -0.39 is 0 Å². The van der Waals surface area contributed by atoms with E-state index in [1.807, 2.05) is 0 Å². The van der Waals surface area contributed by atoms with E-state index in [1.165, 1.54) is 23.1 Å². The number of fused-ring (bicyclic) bond motifs is 2. The van der Waals surface area contributed by atoms with Crippen molar-refractivity contribution < 1.29 is 4.79 Å². The van der Waals surface area contributed by atoms with Crippen LogP contribution in [0.1, 0.15) is 35.3 Å². The fourth-order valence-electron chi connectivity index (χ4n) is 3.02. The fourth-order valence-corrected chi connectivity index (χ4v) is 4.90. The predicted molar refractivity (Wildman–Crippen MR) is 100 cm³/mol. The van der Waals surface area contributed by atoms with Crippen molar-refractivity contribution in [3.8, 4) is 6.07 Å². The number of nitrogens with one attached hydrogen (secondary N) is 1. The second kappa shape index (κ2) is 7.43. The van der Waals surface area contributed by atoms with Gasteiger partial charge in [0.25, 0.3) is 5.78 Å². The van der Waals surface area contributed by atoms with Crippen LogP contribution in [0.4, 0.5) is 5.00 Å². The van der Waals surface area contributed by atoms with Gasteiger partial charge >= 0.3 is 0 Å². The van der Waals surface area contributed by atoms with Crippen LogP contribution in [-0.4, -0.2) is 31.2 Å². The molecule has 3 aromatic rings. The maximum Gasteiger partial charge on any atom is 0.253 e. The monoisotopic (exact) mass is 384 g/mol. The third kappa shape index (κ3) is 3.43. The zero-order valence-electron chi connectivity index (χ0n) is 13.9. The van der Waals surface area contributed by atoms with Gasteiger partial charge in [-0.2, -0.15) is 10.2 Å². The molecule has 3 heterocycles. The summed E-state index contributed by atoms with van der Waals surface area (Å²) in [6, 6.07) is 4.05. The first-order valence-corrected chi connectivity index (χ1v) is 10.2. The molecule has 132 valence electrons. The van der Waals surface area contributed by atoms with E-state index in [1.54, 1.807) is 34.3 Å². The molecule has 0 saturated carbocycles. The van der Waals surface area contributed by atoms with Gasteiger partial charge in [-0.05, 0) is 37.3 Å². The van der Waals surface area contributed by atoms with Crippen molar-refractivity contribution in [1.82, 2.24) is 19.6 Å². The Bertz CT molecular complexity index is 970. The molecule has 0 aliphatic heterocycles. The van der Waals surface area contributed by atoms with Gasteiger partial charge in [-0.1, -0.05) is 18.2 Å². The fraction of sp³-hybridized carbons (Fsp3) is 0.353. The summed E-state index contributed by atoms with van der Waals surface area (Å²) in [6.45, 7) is 0. The van der Waals surface area contributed by atoms with Crippen LogP contribution in [-0.2, 0) is 17.6 Å². The zero-order valence-corrected chi connectivity index (χ0v) is 15.6. The number of aryl methyl sites for hydroxylation is 1. The molecule has 0 aromatic carbocycles. The molecule has 0 radical (unpaired) electrons. The average molecular weight is 384 g/mol. The van der Waals surface area contributed by atoms with Gasteiger partial charge < -0.3 is 5.32 Å². The summed E-state index contributed by atoms with van der Waals surface area (Å²) in [5, 5.41) is 17.9. The molecule has 0 saturated heterocycles. The quantitative estimate of drug-likeness (QED) is 0.549. The molecule has 1 aliphatic carbocycles. The molecule has 9 heteroatoms. The number of nitrogens with zero attached hydrogens (tertiary/aromatic N) is 5. The number of thioether (sulfide) groups is 1. The second-order valence-corrected chi connectivity index (χ2v) is 8.02. The Labute approximate surface area is 158 Å². The number of anilines is 1. The van der Waals surface area contributed by atoms with E-state index >= 15 is 0 Å². The van der Waals surface area contributed by atoms with Crippen LogP contribution in [0.5, 0.6) is 0 Å². The highest BCUT2D eigenvalue weighted by atomic mass is 32.2. The van der Waals surface area contributed by atoms with E-state index in [2.05, 4.69) is 26.5 Å². The van der Waals surface area contributed by atoms with Crippen LogP contribution < -0.4 is 5.32 Å². The smallest absolute Gasteiger partial charge is 0.253 e. The van der Waals surface area contributed by atoms with Gasteiger partial charge in [-0.3, -0.25) is 4.79 Å². The third-order valence-electron chi connectivity index (χ3n) is 4.22. The van der Waals surface area contributed by atoms with Gasteiger partial charge in [0.1, 0.15) is 11.1 Å². The predicted octanol–water partition coefficient (Wildman–Crippen LogP) is 3.06. The number of aromatic nitrogens is 4. The Kier molecular flexibility index (Phi) is 4.86. The molecule has 26 heavy (non-hydrogen) atoms. The molecule has 1 amide bonds. The average Bonchev–Trinajstić information content (AvgIpc) is 3.12. The van der Waals surface area contributed by atoms with Crippen LogP contribution in [0, 0.1) is 11.3 Å². The Hall–Kier alpha value is -2.44. The van der Waals surface area contributed by atoms with Gasteiger partial charge in [0, 0.05) is 17.3 Å². The van der Waals surface area contributed by atoms with Gasteiger partial charge in [0.05, 0.1) is 11.3 Å². The molecule has 1 aliphatic rings. The number of thiophene rings is 1. The number of hydrogen-bond donors (Lipinski definition) is 1. The summed E-state index contributed by atoms with van der Waals surface area (Å²) in [7, 11) is 0. The van der Waals surface area contributed by atoms with Gasteiger partial charge in [0.15, 0.2) is 0 Å². The first-order valence-electron chi connectivity index (χ1n) is 8.39. The second-order valence-electron chi connectivity index (χ2n) is 5.98. The minimum absolute atomic E-state index is 0.158. The summed E-state index contributed by atoms with van der Waals surface area (Å²) in [4.78, 5) is 22.0. The van der Waals surface area contributed by atoms with Crippen LogP contribution in [0.3, 0.4) is 0 Å². The van der Waals surface area contributed by atoms with Gasteiger partial charge in [-0.15, -0.1) is 16.4 Å². The highest BCUT2D eigenvalue weighted by Crippen LogP contribution is 2.37. The lowest BCUT2D eigenvalue weighted by atomic mass is 10.1. The van der Waals surface area contributed by atoms with Gasteiger partial charge in [-0.25, -0.2) is 9.50 Å². The van der Waals surface area contributed by atoms with E-state index in [9.17, 15) is 10.1 Å². The molecule has 3 aromatic heterocycles. The molecule has 1 N–H and O–H groups in total. The minimum Gasteiger partial charge on any atom is -0.316 e. The molecule has 4 rings (SSSR count). The SMILES string of the molecule is N#Cc1c(NC(=O)CSc2nc3ncccn3n2)sc2c1CCCCC2.